The van der Waals surface area contributed by atoms with E-state index >= 15 is 0 Å². The second-order valence-corrected chi connectivity index (χ2v) is 6.18. The topological polar surface area (TPSA) is 9.23 Å². The second kappa shape index (κ2) is 8.13. The van der Waals surface area contributed by atoms with Gasteiger partial charge in [0.05, 0.1) is 12.2 Å². The van der Waals surface area contributed by atoms with E-state index in [0.717, 1.165) is 0 Å². The summed E-state index contributed by atoms with van der Waals surface area (Å²) >= 11 is 0. The van der Waals surface area contributed by atoms with Crippen molar-refractivity contribution in [3.63, 3.8) is 0 Å². The maximum absolute atomic E-state index is 6.28. The molecule has 1 heteroatoms. The van der Waals surface area contributed by atoms with Crippen molar-refractivity contribution in [2.45, 2.75) is 80.4 Å². The van der Waals surface area contributed by atoms with Crippen LogP contribution in [0, 0.1) is 23.7 Å². The van der Waals surface area contributed by atoms with Gasteiger partial charge in [-0.2, -0.15) is 0 Å². The Morgan fingerprint density at radius 3 is 1.12 bits per heavy atom. The largest absolute Gasteiger partial charge is 0.375 e. The minimum Gasteiger partial charge on any atom is -0.375 e. The zero-order valence-corrected chi connectivity index (χ0v) is 13.3. The lowest BCUT2D eigenvalue weighted by Crippen LogP contribution is -2.33. The van der Waals surface area contributed by atoms with Crippen LogP contribution in [-0.4, -0.2) is 12.2 Å². The summed E-state index contributed by atoms with van der Waals surface area (Å²) < 4.78 is 6.28. The highest BCUT2D eigenvalue weighted by Crippen LogP contribution is 2.27. The molecule has 0 aromatic carbocycles. The van der Waals surface area contributed by atoms with Crippen LogP contribution in [0.25, 0.3) is 0 Å². The Labute approximate surface area is 109 Å². The Kier molecular flexibility index (Phi) is 8.11. The van der Waals surface area contributed by atoms with Crippen molar-refractivity contribution in [3.8, 4) is 0 Å². The van der Waals surface area contributed by atoms with Crippen LogP contribution >= 0.6 is 0 Å². The molecular formula is C16H34O. The first-order chi connectivity index (χ1) is 7.84. The Bertz CT molecular complexity index is 166. The molecule has 4 unspecified atom stereocenters. The SMILES string of the molecule is CCC(C(C)C)C(C)OC(C)C(CC)C(C)C. The molecule has 0 aromatic heterocycles. The number of rotatable bonds is 8. The normalized spacial score (nSPS) is 19.4. The summed E-state index contributed by atoms with van der Waals surface area (Å²) in [5, 5.41) is 0. The Hall–Kier alpha value is -0.0400. The van der Waals surface area contributed by atoms with Gasteiger partial charge in [-0.15, -0.1) is 0 Å². The fourth-order valence-electron chi connectivity index (χ4n) is 3.23. The highest BCUT2D eigenvalue weighted by atomic mass is 16.5. The van der Waals surface area contributed by atoms with Crippen LogP contribution in [0.3, 0.4) is 0 Å². The van der Waals surface area contributed by atoms with E-state index in [9.17, 15) is 0 Å². The predicted molar refractivity (Wildman–Crippen MR) is 77.2 cm³/mol. The maximum atomic E-state index is 6.28. The van der Waals surface area contributed by atoms with Crippen LogP contribution < -0.4 is 0 Å². The van der Waals surface area contributed by atoms with E-state index in [-0.39, 0.29) is 0 Å². The van der Waals surface area contributed by atoms with E-state index in [1.54, 1.807) is 0 Å². The van der Waals surface area contributed by atoms with Crippen molar-refractivity contribution in [2.24, 2.45) is 23.7 Å². The lowest BCUT2D eigenvalue weighted by atomic mass is 9.86. The molecule has 0 aromatic rings. The third-order valence-corrected chi connectivity index (χ3v) is 4.29. The third kappa shape index (κ3) is 5.42. The molecule has 17 heavy (non-hydrogen) atoms. The second-order valence-electron chi connectivity index (χ2n) is 6.18. The van der Waals surface area contributed by atoms with Gasteiger partial charge in [0.25, 0.3) is 0 Å². The minimum atomic E-state index is 0.378. The van der Waals surface area contributed by atoms with Crippen LogP contribution in [0.4, 0.5) is 0 Å². The molecule has 4 atom stereocenters. The molecule has 0 radical (unpaired) electrons. The van der Waals surface area contributed by atoms with Crippen molar-refractivity contribution in [2.75, 3.05) is 0 Å². The van der Waals surface area contributed by atoms with Gasteiger partial charge in [0, 0.05) is 0 Å². The van der Waals surface area contributed by atoms with Crippen molar-refractivity contribution < 1.29 is 4.74 Å². The van der Waals surface area contributed by atoms with Crippen LogP contribution in [0.2, 0.25) is 0 Å². The fourth-order valence-corrected chi connectivity index (χ4v) is 3.23. The van der Waals surface area contributed by atoms with E-state index in [1.165, 1.54) is 12.8 Å². The molecule has 0 N–H and O–H groups in total. The fraction of sp³-hybridized carbons (Fsp3) is 1.00. The first kappa shape index (κ1) is 17.0. The molecule has 1 nitrogen and oxygen atoms in total. The highest BCUT2D eigenvalue weighted by molar-refractivity contribution is 4.73. The van der Waals surface area contributed by atoms with E-state index < -0.39 is 0 Å². The Balaban J connectivity index is 4.39. The Morgan fingerprint density at radius 1 is 0.647 bits per heavy atom. The molecule has 0 saturated heterocycles. The van der Waals surface area contributed by atoms with Crippen LogP contribution in [0.15, 0.2) is 0 Å². The van der Waals surface area contributed by atoms with Gasteiger partial charge in [0.15, 0.2) is 0 Å². The summed E-state index contributed by atoms with van der Waals surface area (Å²) in [6, 6.07) is 0. The summed E-state index contributed by atoms with van der Waals surface area (Å²) in [6.45, 7) is 18.3. The first-order valence-corrected chi connectivity index (χ1v) is 7.50. The first-order valence-electron chi connectivity index (χ1n) is 7.50. The molecule has 0 aliphatic heterocycles. The molecule has 0 bridgehead atoms. The average molecular weight is 242 g/mol. The van der Waals surface area contributed by atoms with E-state index in [2.05, 4.69) is 55.4 Å². The van der Waals surface area contributed by atoms with Gasteiger partial charge in [-0.3, -0.25) is 0 Å². The number of hydrogen-bond donors (Lipinski definition) is 0. The average Bonchev–Trinajstić information content (AvgIpc) is 2.17. The van der Waals surface area contributed by atoms with E-state index in [0.29, 0.717) is 35.9 Å². The smallest absolute Gasteiger partial charge is 0.0581 e. The van der Waals surface area contributed by atoms with Gasteiger partial charge in [-0.25, -0.2) is 0 Å². The summed E-state index contributed by atoms with van der Waals surface area (Å²) in [5.41, 5.74) is 0. The van der Waals surface area contributed by atoms with Gasteiger partial charge in [0.2, 0.25) is 0 Å². The highest BCUT2D eigenvalue weighted by Gasteiger charge is 2.25. The molecule has 0 fully saturated rings. The van der Waals surface area contributed by atoms with Crippen molar-refractivity contribution in [1.29, 1.82) is 0 Å². The summed E-state index contributed by atoms with van der Waals surface area (Å²) in [7, 11) is 0. The van der Waals surface area contributed by atoms with Gasteiger partial charge in [0.1, 0.15) is 0 Å². The minimum absolute atomic E-state index is 0.378. The third-order valence-electron chi connectivity index (χ3n) is 4.29. The zero-order chi connectivity index (χ0) is 13.6. The van der Waals surface area contributed by atoms with E-state index in [4.69, 9.17) is 4.74 Å². The number of ether oxygens (including phenoxy) is 1. The van der Waals surface area contributed by atoms with Crippen molar-refractivity contribution in [1.82, 2.24) is 0 Å². The number of hydrogen-bond acceptors (Lipinski definition) is 1. The van der Waals surface area contributed by atoms with Gasteiger partial charge >= 0.3 is 0 Å². The molecule has 0 rings (SSSR count). The lowest BCUT2D eigenvalue weighted by molar-refractivity contribution is -0.0692. The molecule has 104 valence electrons. The standard InChI is InChI=1S/C16H34O/c1-9-15(11(3)4)13(7)17-14(8)16(10-2)12(5)6/h11-16H,9-10H2,1-8H3. The maximum Gasteiger partial charge on any atom is 0.0581 e. The van der Waals surface area contributed by atoms with Gasteiger partial charge < -0.3 is 4.74 Å². The molecule has 0 amide bonds. The quantitative estimate of drug-likeness (QED) is 0.572. The van der Waals surface area contributed by atoms with Crippen molar-refractivity contribution in [3.05, 3.63) is 0 Å². The predicted octanol–water partition coefficient (Wildman–Crippen LogP) is 5.14. The molecule has 0 heterocycles. The monoisotopic (exact) mass is 242 g/mol. The van der Waals surface area contributed by atoms with Gasteiger partial charge in [-0.05, 0) is 37.5 Å². The molecular weight excluding hydrogens is 208 g/mol. The van der Waals surface area contributed by atoms with Crippen molar-refractivity contribution >= 4 is 0 Å². The summed E-state index contributed by atoms with van der Waals surface area (Å²) in [4.78, 5) is 0. The zero-order valence-electron chi connectivity index (χ0n) is 13.3. The van der Waals surface area contributed by atoms with Crippen LogP contribution in [-0.2, 0) is 4.74 Å². The summed E-state index contributed by atoms with van der Waals surface area (Å²) in [6.07, 6.45) is 3.18. The lowest BCUT2D eigenvalue weighted by Gasteiger charge is -2.33. The van der Waals surface area contributed by atoms with Gasteiger partial charge in [-0.1, -0.05) is 54.4 Å². The molecule has 0 spiro atoms. The van der Waals surface area contributed by atoms with Crippen LogP contribution in [0.5, 0.6) is 0 Å². The van der Waals surface area contributed by atoms with Crippen LogP contribution in [0.1, 0.15) is 68.2 Å². The molecule has 0 aliphatic rings. The Morgan fingerprint density at radius 2 is 0.941 bits per heavy atom. The summed E-state index contributed by atoms with van der Waals surface area (Å²) in [5.74, 6) is 2.78. The van der Waals surface area contributed by atoms with E-state index in [1.807, 2.05) is 0 Å². The molecule has 0 saturated carbocycles. The molecule has 0 aliphatic carbocycles.